The summed E-state index contributed by atoms with van der Waals surface area (Å²) in [5.41, 5.74) is 11.6. The summed E-state index contributed by atoms with van der Waals surface area (Å²) < 4.78 is 11.8. The molecule has 2 aliphatic heterocycles. The van der Waals surface area contributed by atoms with Gasteiger partial charge in [0.25, 0.3) is 0 Å². The van der Waals surface area contributed by atoms with Crippen LogP contribution in [0.5, 0.6) is 11.5 Å². The lowest BCUT2D eigenvalue weighted by Crippen LogP contribution is -2.15. The minimum absolute atomic E-state index is 0.0191. The van der Waals surface area contributed by atoms with Crippen molar-refractivity contribution < 1.29 is 48.4 Å². The van der Waals surface area contributed by atoms with Crippen LogP contribution in [0.1, 0.15) is 20.7 Å². The van der Waals surface area contributed by atoms with E-state index in [1.54, 1.807) is 36.4 Å². The quantitative estimate of drug-likeness (QED) is 0.0198. The standard InChI is InChI=1S/C22H14INO6.C22H14N4O6/c23-10-20(27)24-11-1-4-14(17(7-11)22(28)29)21-15-5-2-12(25)8-18(15)30-19-9-13(26)3-6-16(19)21;23-26-24-10-20(29)25-11-1-4-14(17(7-11)22(30)31)21-15-5-2-12(27)8-18(15)32-19-9-13(28)3-6-16(19)21/h1-9,25H,10H2,(H,24,27)(H,28,29);1-9,27H,10H2,(H,25,29)(H,30,31). The first-order chi connectivity index (χ1) is 29.7. The Hall–Kier alpha value is -8.22. The number of hydrogen-bond donors (Lipinski definition) is 6. The summed E-state index contributed by atoms with van der Waals surface area (Å²) in [6, 6.07) is 26.3. The third-order valence-electron chi connectivity index (χ3n) is 9.36. The van der Waals surface area contributed by atoms with Crippen LogP contribution in [0.2, 0.25) is 0 Å². The van der Waals surface area contributed by atoms with E-state index in [9.17, 15) is 49.2 Å². The maximum Gasteiger partial charge on any atom is 0.336 e. The van der Waals surface area contributed by atoms with Gasteiger partial charge >= 0.3 is 11.9 Å². The van der Waals surface area contributed by atoms with Crippen molar-refractivity contribution in [2.75, 3.05) is 21.6 Å². The number of benzene rings is 6. The minimum Gasteiger partial charge on any atom is -0.508 e. The molecule has 18 heteroatoms. The highest BCUT2D eigenvalue weighted by Gasteiger charge is 2.24. The number of nitrogens with zero attached hydrogens (tertiary/aromatic N) is 3. The first kappa shape index (κ1) is 41.9. The smallest absolute Gasteiger partial charge is 0.336 e. The van der Waals surface area contributed by atoms with Crippen LogP contribution in [-0.4, -0.2) is 55.2 Å². The number of phenolic OH excluding ortho intramolecular Hbond substituents is 2. The first-order valence-electron chi connectivity index (χ1n) is 18.1. The van der Waals surface area contributed by atoms with Crippen LogP contribution < -0.4 is 21.5 Å². The Morgan fingerprint density at radius 2 is 1.03 bits per heavy atom. The second-order valence-corrected chi connectivity index (χ2v) is 14.1. The van der Waals surface area contributed by atoms with Gasteiger partial charge < -0.3 is 39.9 Å². The molecule has 2 aliphatic carbocycles. The molecule has 0 saturated carbocycles. The molecule has 2 amide bonds. The summed E-state index contributed by atoms with van der Waals surface area (Å²) in [5, 5.41) is 48.8. The molecule has 4 aromatic rings. The molecule has 0 radical (unpaired) electrons. The number of halogens is 1. The average Bonchev–Trinajstić information content (AvgIpc) is 3.24. The summed E-state index contributed by atoms with van der Waals surface area (Å²) in [6.45, 7) is -0.433. The van der Waals surface area contributed by atoms with Gasteiger partial charge in [0.1, 0.15) is 40.7 Å². The van der Waals surface area contributed by atoms with E-state index in [0.717, 1.165) is 0 Å². The second kappa shape index (κ2) is 17.6. The van der Waals surface area contributed by atoms with Gasteiger partial charge in [-0.15, -0.1) is 0 Å². The number of nitrogens with one attached hydrogen (secondary N) is 2. The molecule has 62 heavy (non-hydrogen) atoms. The molecule has 0 bridgehead atoms. The van der Waals surface area contributed by atoms with Crippen molar-refractivity contribution in [1.29, 1.82) is 0 Å². The predicted octanol–water partition coefficient (Wildman–Crippen LogP) is 8.56. The van der Waals surface area contributed by atoms with E-state index in [0.29, 0.717) is 55.4 Å². The zero-order valence-corrected chi connectivity index (χ0v) is 33.7. The largest absolute Gasteiger partial charge is 0.508 e. The van der Waals surface area contributed by atoms with Crippen molar-refractivity contribution in [3.63, 3.8) is 0 Å². The third kappa shape index (κ3) is 8.71. The maximum atomic E-state index is 12.1. The number of hydrogen-bond acceptors (Lipinski definition) is 11. The summed E-state index contributed by atoms with van der Waals surface area (Å²) >= 11 is 1.92. The minimum atomic E-state index is -1.24. The molecular weight excluding hydrogens is 917 g/mol. The number of carboxylic acid groups (broad SMARTS) is 2. The highest BCUT2D eigenvalue weighted by atomic mass is 127. The van der Waals surface area contributed by atoms with Crippen LogP contribution >= 0.6 is 22.6 Å². The first-order valence-corrected chi connectivity index (χ1v) is 19.6. The lowest BCUT2D eigenvalue weighted by atomic mass is 9.90. The van der Waals surface area contributed by atoms with Gasteiger partial charge in [-0.25, -0.2) is 9.59 Å². The van der Waals surface area contributed by atoms with Crippen molar-refractivity contribution in [2.24, 2.45) is 5.11 Å². The fraction of sp³-hybridized carbons (Fsp3) is 0.0455. The molecule has 8 rings (SSSR count). The molecular formula is C44H28IN5O12. The number of carbonyl (C=O) groups excluding carboxylic acids is 2. The molecule has 2 heterocycles. The summed E-state index contributed by atoms with van der Waals surface area (Å²) in [4.78, 5) is 73.9. The van der Waals surface area contributed by atoms with E-state index in [1.165, 1.54) is 72.8 Å². The van der Waals surface area contributed by atoms with Crippen molar-refractivity contribution in [3.05, 3.63) is 151 Å². The Kier molecular flexibility index (Phi) is 11.9. The fourth-order valence-electron chi connectivity index (χ4n) is 6.82. The number of alkyl halides is 1. The van der Waals surface area contributed by atoms with Crippen LogP contribution in [0.3, 0.4) is 0 Å². The lowest BCUT2D eigenvalue weighted by molar-refractivity contribution is -0.115. The van der Waals surface area contributed by atoms with Gasteiger partial charge in [-0.05, 0) is 89.5 Å². The number of phenols is 2. The molecule has 4 aromatic carbocycles. The SMILES string of the molecule is O=C(CI)Nc1ccc(-c2c3ccc(=O)cc-3oc3cc(O)ccc23)c(C(=O)O)c1.[N-]=[N+]=NCC(=O)Nc1ccc(-c2c3ccc(=O)cc-3oc3cc(O)ccc23)c(C(=O)O)c1. The van der Waals surface area contributed by atoms with Crippen molar-refractivity contribution in [1.82, 2.24) is 0 Å². The Bertz CT molecular complexity index is 3250. The highest BCUT2D eigenvalue weighted by molar-refractivity contribution is 14.1. The Labute approximate surface area is 360 Å². The molecule has 0 spiro atoms. The third-order valence-corrected chi connectivity index (χ3v) is 10.1. The molecule has 17 nitrogen and oxygen atoms in total. The summed E-state index contributed by atoms with van der Waals surface area (Å²) in [5.74, 6) is -2.83. The van der Waals surface area contributed by atoms with Crippen LogP contribution in [0.4, 0.5) is 11.4 Å². The summed E-state index contributed by atoms with van der Waals surface area (Å²) in [6.07, 6.45) is 0. The number of carbonyl (C=O) groups is 4. The monoisotopic (exact) mass is 945 g/mol. The number of aromatic carboxylic acids is 2. The van der Waals surface area contributed by atoms with Gasteiger partial charge in [0.2, 0.25) is 11.8 Å². The van der Waals surface area contributed by atoms with Crippen LogP contribution in [-0.2, 0) is 9.59 Å². The highest BCUT2D eigenvalue weighted by Crippen LogP contribution is 2.44. The fourth-order valence-corrected chi connectivity index (χ4v) is 7.01. The normalized spacial score (nSPS) is 10.8. The molecule has 0 fully saturated rings. The number of carboxylic acids is 2. The Balaban J connectivity index is 0.000000187. The van der Waals surface area contributed by atoms with E-state index in [1.807, 2.05) is 22.6 Å². The van der Waals surface area contributed by atoms with Crippen LogP contribution in [0.15, 0.2) is 133 Å². The van der Waals surface area contributed by atoms with Crippen molar-refractivity contribution in [2.45, 2.75) is 0 Å². The zero-order chi connectivity index (χ0) is 44.2. The average molecular weight is 946 g/mol. The van der Waals surface area contributed by atoms with Gasteiger partial charge in [-0.2, -0.15) is 0 Å². The van der Waals surface area contributed by atoms with Crippen LogP contribution in [0.25, 0.3) is 77.3 Å². The Morgan fingerprint density at radius 1 is 0.597 bits per heavy atom. The predicted molar refractivity (Wildman–Crippen MR) is 236 cm³/mol. The van der Waals surface area contributed by atoms with E-state index < -0.39 is 24.4 Å². The van der Waals surface area contributed by atoms with Gasteiger partial charge in [0.05, 0.1) is 15.6 Å². The van der Waals surface area contributed by atoms with Crippen molar-refractivity contribution in [3.8, 4) is 56.4 Å². The van der Waals surface area contributed by atoms with Gasteiger partial charge in [-0.1, -0.05) is 39.8 Å². The number of rotatable bonds is 9. The number of aromatic hydroxyl groups is 2. The topological polar surface area (TPSA) is 282 Å². The maximum absolute atomic E-state index is 12.1. The van der Waals surface area contributed by atoms with Crippen molar-refractivity contribution >= 4 is 79.7 Å². The molecule has 6 N–H and O–H groups in total. The zero-order valence-electron chi connectivity index (χ0n) is 31.6. The molecule has 4 aliphatic rings. The Morgan fingerprint density at radius 3 is 1.45 bits per heavy atom. The van der Waals surface area contributed by atoms with E-state index in [2.05, 4.69) is 20.7 Å². The van der Waals surface area contributed by atoms with E-state index in [4.69, 9.17) is 14.4 Å². The van der Waals surface area contributed by atoms with E-state index in [-0.39, 0.29) is 66.6 Å². The number of amides is 2. The van der Waals surface area contributed by atoms with E-state index >= 15 is 0 Å². The second-order valence-electron chi connectivity index (χ2n) is 13.4. The van der Waals surface area contributed by atoms with Gasteiger partial charge in [0, 0.05) is 73.6 Å². The molecule has 0 atom stereocenters. The van der Waals surface area contributed by atoms with Crippen LogP contribution in [0, 0.1) is 0 Å². The number of azide groups is 1. The summed E-state index contributed by atoms with van der Waals surface area (Å²) in [7, 11) is 0. The van der Waals surface area contributed by atoms with Gasteiger partial charge in [0.15, 0.2) is 10.9 Å². The lowest BCUT2D eigenvalue weighted by Gasteiger charge is -2.17. The number of fused-ring (bicyclic) bond motifs is 4. The number of anilines is 2. The molecule has 0 unspecified atom stereocenters. The molecule has 0 saturated heterocycles. The molecule has 308 valence electrons. The molecule has 0 aromatic heterocycles. The van der Waals surface area contributed by atoms with Gasteiger partial charge in [-0.3, -0.25) is 19.2 Å².